The molecule has 1 atom stereocenters. The van der Waals surface area contributed by atoms with Gasteiger partial charge in [0.05, 0.1) is 0 Å². The van der Waals surface area contributed by atoms with Crippen LogP contribution in [-0.4, -0.2) is 12.8 Å². The Hall–Kier alpha value is -1.39. The van der Waals surface area contributed by atoms with Crippen LogP contribution >= 0.6 is 11.8 Å². The highest BCUT2D eigenvalue weighted by Crippen LogP contribution is 2.26. The lowest BCUT2D eigenvalue weighted by Crippen LogP contribution is -2.19. The van der Waals surface area contributed by atoms with Crippen LogP contribution in [0.5, 0.6) is 0 Å². The minimum Gasteiger partial charge on any atom is -0.312 e. The molecule has 1 unspecified atom stereocenters. The lowest BCUT2D eigenvalue weighted by Gasteiger charge is -2.17. The average Bonchev–Trinajstić information content (AvgIpc) is 2.43. The van der Waals surface area contributed by atoms with Crippen LogP contribution in [0.3, 0.4) is 0 Å². The van der Waals surface area contributed by atoms with Gasteiger partial charge in [-0.25, -0.2) is 8.78 Å². The second-order valence-electron chi connectivity index (χ2n) is 4.62. The Morgan fingerprint density at radius 3 is 2.60 bits per heavy atom. The lowest BCUT2D eigenvalue weighted by atomic mass is 10.1. The molecule has 4 heteroatoms. The van der Waals surface area contributed by atoms with E-state index in [-0.39, 0.29) is 17.7 Å². The highest BCUT2D eigenvalue weighted by Gasteiger charge is 2.11. The molecule has 20 heavy (non-hydrogen) atoms. The second kappa shape index (κ2) is 6.86. The average molecular weight is 293 g/mol. The summed E-state index contributed by atoms with van der Waals surface area (Å²) in [6.07, 6.45) is 0. The van der Waals surface area contributed by atoms with Gasteiger partial charge in [0.25, 0.3) is 0 Å². The maximum Gasteiger partial charge on any atom is 0.126 e. The first-order valence-corrected chi connectivity index (χ1v) is 7.40. The minimum atomic E-state index is -0.239. The molecule has 0 aliphatic heterocycles. The van der Waals surface area contributed by atoms with Gasteiger partial charge in [-0.3, -0.25) is 0 Å². The Morgan fingerprint density at radius 1 is 1.15 bits per heavy atom. The number of hydrogen-bond donors (Lipinski definition) is 1. The largest absolute Gasteiger partial charge is 0.312 e. The van der Waals surface area contributed by atoms with Crippen LogP contribution in [0.1, 0.15) is 17.2 Å². The number of hydrogen-bond acceptors (Lipinski definition) is 2. The number of halogens is 2. The molecule has 0 heterocycles. The van der Waals surface area contributed by atoms with E-state index < -0.39 is 0 Å². The van der Waals surface area contributed by atoms with Gasteiger partial charge in [0.2, 0.25) is 0 Å². The molecule has 0 saturated carbocycles. The third kappa shape index (κ3) is 3.81. The van der Waals surface area contributed by atoms with Crippen molar-refractivity contribution in [2.24, 2.45) is 0 Å². The summed E-state index contributed by atoms with van der Waals surface area (Å²) in [4.78, 5) is 0.873. The first-order valence-electron chi connectivity index (χ1n) is 6.42. The van der Waals surface area contributed by atoms with Gasteiger partial charge < -0.3 is 5.32 Å². The van der Waals surface area contributed by atoms with E-state index in [9.17, 15) is 8.78 Å². The highest BCUT2D eigenvalue weighted by molar-refractivity contribution is 7.99. The summed E-state index contributed by atoms with van der Waals surface area (Å²) in [5.41, 5.74) is 1.54. The summed E-state index contributed by atoms with van der Waals surface area (Å²) in [6.45, 7) is 1.75. The molecule has 106 valence electrons. The van der Waals surface area contributed by atoms with Crippen LogP contribution in [-0.2, 0) is 0 Å². The van der Waals surface area contributed by atoms with E-state index in [1.807, 2.05) is 19.2 Å². The van der Waals surface area contributed by atoms with Gasteiger partial charge >= 0.3 is 0 Å². The monoisotopic (exact) mass is 293 g/mol. The number of thioether (sulfide) groups is 1. The molecule has 0 saturated heterocycles. The maximum absolute atomic E-state index is 13.6. The summed E-state index contributed by atoms with van der Waals surface area (Å²) in [7, 11) is 1.84. The first-order chi connectivity index (χ1) is 9.60. The second-order valence-corrected chi connectivity index (χ2v) is 5.71. The Balaban J connectivity index is 2.07. The molecule has 0 radical (unpaired) electrons. The van der Waals surface area contributed by atoms with E-state index in [1.165, 1.54) is 12.1 Å². The normalized spacial score (nSPS) is 12.4. The predicted octanol–water partition coefficient (Wildman–Crippen LogP) is 4.33. The maximum atomic E-state index is 13.6. The van der Waals surface area contributed by atoms with E-state index in [4.69, 9.17) is 0 Å². The van der Waals surface area contributed by atoms with E-state index >= 15 is 0 Å². The van der Waals surface area contributed by atoms with Gasteiger partial charge in [0.15, 0.2) is 0 Å². The van der Waals surface area contributed by atoms with E-state index in [1.54, 1.807) is 36.9 Å². The van der Waals surface area contributed by atoms with Crippen LogP contribution < -0.4 is 5.32 Å². The summed E-state index contributed by atoms with van der Waals surface area (Å²) in [6, 6.07) is 11.8. The zero-order chi connectivity index (χ0) is 14.5. The van der Waals surface area contributed by atoms with Gasteiger partial charge in [-0.05, 0) is 49.4 Å². The van der Waals surface area contributed by atoms with Crippen molar-refractivity contribution in [3.05, 3.63) is 65.2 Å². The molecule has 0 aromatic heterocycles. The highest BCUT2D eigenvalue weighted by atomic mass is 32.2. The number of aryl methyl sites for hydroxylation is 1. The third-order valence-electron chi connectivity index (χ3n) is 3.16. The molecule has 2 rings (SSSR count). The van der Waals surface area contributed by atoms with E-state index in [0.717, 1.165) is 10.5 Å². The summed E-state index contributed by atoms with van der Waals surface area (Å²) < 4.78 is 26.7. The van der Waals surface area contributed by atoms with Gasteiger partial charge in [0, 0.05) is 16.7 Å². The zero-order valence-electron chi connectivity index (χ0n) is 11.5. The quantitative estimate of drug-likeness (QED) is 0.824. The van der Waals surface area contributed by atoms with Crippen molar-refractivity contribution in [2.75, 3.05) is 12.8 Å². The molecule has 1 N–H and O–H groups in total. The Kier molecular flexibility index (Phi) is 5.15. The molecular formula is C16H17F2NS. The minimum absolute atomic E-state index is 0.0263. The van der Waals surface area contributed by atoms with Gasteiger partial charge in [-0.15, -0.1) is 11.8 Å². The van der Waals surface area contributed by atoms with Crippen molar-refractivity contribution in [1.29, 1.82) is 0 Å². The SMILES string of the molecule is CNC(CSc1cccc(F)c1)c1ccc(C)c(F)c1. The Bertz CT molecular complexity index is 586. The fourth-order valence-corrected chi connectivity index (χ4v) is 3.00. The van der Waals surface area contributed by atoms with Gasteiger partial charge in [-0.2, -0.15) is 0 Å². The van der Waals surface area contributed by atoms with Gasteiger partial charge in [0.1, 0.15) is 11.6 Å². The van der Waals surface area contributed by atoms with Crippen molar-refractivity contribution < 1.29 is 8.78 Å². The fraction of sp³-hybridized carbons (Fsp3) is 0.250. The Morgan fingerprint density at radius 2 is 1.95 bits per heavy atom. The van der Waals surface area contributed by atoms with Crippen molar-refractivity contribution in [3.8, 4) is 0 Å². The molecule has 0 amide bonds. The van der Waals surface area contributed by atoms with Crippen molar-refractivity contribution in [3.63, 3.8) is 0 Å². The fourth-order valence-electron chi connectivity index (χ4n) is 1.91. The summed E-state index contributed by atoms with van der Waals surface area (Å²) in [5, 5.41) is 3.17. The molecule has 2 aromatic rings. The molecule has 1 nitrogen and oxygen atoms in total. The topological polar surface area (TPSA) is 12.0 Å². The van der Waals surface area contributed by atoms with Crippen LogP contribution in [0.25, 0.3) is 0 Å². The summed E-state index contributed by atoms with van der Waals surface area (Å²) in [5.74, 6) is 0.276. The number of nitrogens with one attached hydrogen (secondary N) is 1. The zero-order valence-corrected chi connectivity index (χ0v) is 12.3. The molecule has 0 spiro atoms. The predicted molar refractivity (Wildman–Crippen MR) is 80.1 cm³/mol. The van der Waals surface area contributed by atoms with E-state index in [0.29, 0.717) is 11.3 Å². The molecular weight excluding hydrogens is 276 g/mol. The summed E-state index contributed by atoms with van der Waals surface area (Å²) >= 11 is 1.55. The van der Waals surface area contributed by atoms with Crippen LogP contribution in [0.4, 0.5) is 8.78 Å². The lowest BCUT2D eigenvalue weighted by molar-refractivity contribution is 0.603. The third-order valence-corrected chi connectivity index (χ3v) is 4.25. The van der Waals surface area contributed by atoms with Crippen LogP contribution in [0, 0.1) is 18.6 Å². The van der Waals surface area contributed by atoms with Crippen molar-refractivity contribution >= 4 is 11.8 Å². The van der Waals surface area contributed by atoms with Crippen LogP contribution in [0.2, 0.25) is 0 Å². The molecule has 0 aliphatic carbocycles. The van der Waals surface area contributed by atoms with Crippen molar-refractivity contribution in [2.45, 2.75) is 17.9 Å². The smallest absolute Gasteiger partial charge is 0.126 e. The van der Waals surface area contributed by atoms with E-state index in [2.05, 4.69) is 5.32 Å². The molecule has 0 fully saturated rings. The van der Waals surface area contributed by atoms with Gasteiger partial charge in [-0.1, -0.05) is 18.2 Å². The number of rotatable bonds is 5. The first kappa shape index (κ1) is 15.0. The molecule has 2 aromatic carbocycles. The number of benzene rings is 2. The standard InChI is InChI=1S/C16H17F2NS/c1-11-6-7-12(8-15(11)18)16(19-2)10-20-14-5-3-4-13(17)9-14/h3-9,16,19H,10H2,1-2H3. The Labute approximate surface area is 122 Å². The molecule has 0 bridgehead atoms. The van der Waals surface area contributed by atoms with Crippen molar-refractivity contribution in [1.82, 2.24) is 5.32 Å². The molecule has 0 aliphatic rings. The van der Waals surface area contributed by atoms with Crippen LogP contribution in [0.15, 0.2) is 47.4 Å².